The minimum Gasteiger partial charge on any atom is -0.496 e. The molecule has 0 unspecified atom stereocenters. The summed E-state index contributed by atoms with van der Waals surface area (Å²) in [5.74, 6) is 0.499. The van der Waals surface area contributed by atoms with Crippen LogP contribution in [0.1, 0.15) is 27.9 Å². The molecule has 33 heavy (non-hydrogen) atoms. The first-order valence-electron chi connectivity index (χ1n) is 10.8. The third kappa shape index (κ3) is 5.29. The van der Waals surface area contributed by atoms with Gasteiger partial charge in [0.05, 0.1) is 22.9 Å². The Morgan fingerprint density at radius 2 is 1.73 bits per heavy atom. The van der Waals surface area contributed by atoms with Crippen LogP contribution in [-0.2, 0) is 0 Å². The topological polar surface area (TPSA) is 45.7 Å². The lowest BCUT2D eigenvalue weighted by molar-refractivity contribution is 0.0983. The number of ether oxygens (including phenoxy) is 1. The number of hydrogen-bond donors (Lipinski definition) is 0. The molecule has 0 saturated heterocycles. The van der Waals surface area contributed by atoms with Gasteiger partial charge >= 0.3 is 0 Å². The van der Waals surface area contributed by atoms with Gasteiger partial charge in [0.1, 0.15) is 5.75 Å². The van der Waals surface area contributed by atoms with E-state index in [1.54, 1.807) is 18.4 Å². The molecule has 3 aromatic carbocycles. The third-order valence-electron chi connectivity index (χ3n) is 5.57. The van der Waals surface area contributed by atoms with Crippen molar-refractivity contribution in [2.45, 2.75) is 20.3 Å². The molecule has 4 aromatic rings. The highest BCUT2D eigenvalue weighted by atomic mass is 35.5. The number of fused-ring (bicyclic) bond motifs is 2. The second-order valence-corrected chi connectivity index (χ2v) is 9.42. The molecule has 0 N–H and O–H groups in total. The zero-order valence-electron chi connectivity index (χ0n) is 19.7. The van der Waals surface area contributed by atoms with Crippen molar-refractivity contribution in [1.82, 2.24) is 9.88 Å². The van der Waals surface area contributed by atoms with Gasteiger partial charge in [0.25, 0.3) is 5.91 Å². The number of thiazole rings is 1. The Hall–Kier alpha value is -2.67. The molecule has 0 spiro atoms. The molecular weight excluding hydrogens is 454 g/mol. The zero-order chi connectivity index (χ0) is 22.8. The van der Waals surface area contributed by atoms with Gasteiger partial charge in [-0.2, -0.15) is 0 Å². The fourth-order valence-corrected chi connectivity index (χ4v) is 5.05. The number of rotatable bonds is 7. The Morgan fingerprint density at radius 3 is 2.39 bits per heavy atom. The van der Waals surface area contributed by atoms with Gasteiger partial charge in [0.15, 0.2) is 5.13 Å². The first kappa shape index (κ1) is 25.0. The maximum atomic E-state index is 13.9. The summed E-state index contributed by atoms with van der Waals surface area (Å²) in [5.41, 5.74) is 3.86. The van der Waals surface area contributed by atoms with Gasteiger partial charge in [-0.15, -0.1) is 12.4 Å². The minimum atomic E-state index is -0.0835. The predicted octanol–water partition coefficient (Wildman–Crippen LogP) is 6.10. The number of halogens is 1. The maximum absolute atomic E-state index is 13.9. The summed E-state index contributed by atoms with van der Waals surface area (Å²) < 4.78 is 6.75. The average Bonchev–Trinajstić information content (AvgIpc) is 3.19. The summed E-state index contributed by atoms with van der Waals surface area (Å²) in [5, 5.41) is 2.79. The van der Waals surface area contributed by atoms with Crippen molar-refractivity contribution in [3.8, 4) is 5.75 Å². The number of benzene rings is 3. The van der Waals surface area contributed by atoms with Crippen molar-refractivity contribution < 1.29 is 9.53 Å². The summed E-state index contributed by atoms with van der Waals surface area (Å²) in [4.78, 5) is 22.7. The molecule has 0 fully saturated rings. The maximum Gasteiger partial charge on any atom is 0.263 e. The summed E-state index contributed by atoms with van der Waals surface area (Å²) in [6.45, 7) is 5.65. The lowest BCUT2D eigenvalue weighted by atomic mass is 10.0. The van der Waals surface area contributed by atoms with Crippen molar-refractivity contribution in [2.24, 2.45) is 0 Å². The second kappa shape index (κ2) is 10.5. The summed E-state index contributed by atoms with van der Waals surface area (Å²) in [6, 6.07) is 16.1. The molecule has 1 heterocycles. The first-order chi connectivity index (χ1) is 15.4. The number of aromatic nitrogens is 1. The van der Waals surface area contributed by atoms with E-state index in [1.165, 1.54) is 11.1 Å². The van der Waals surface area contributed by atoms with Gasteiger partial charge in [0, 0.05) is 6.54 Å². The number of methoxy groups -OCH3 is 1. The standard InChI is InChI=1S/C26H29N3O2S.ClH/c1-17-13-18(2)24-22(14-17)27-26(32-24)29(12-8-11-28(3)4)25(30)21-15-19-9-6-7-10-20(19)16-23(21)31-5;/h6-7,9-10,13-16H,8,11-12H2,1-5H3;1H. The molecule has 7 heteroatoms. The van der Waals surface area contributed by atoms with Crippen LogP contribution in [0.15, 0.2) is 48.5 Å². The largest absolute Gasteiger partial charge is 0.496 e. The molecule has 0 aliphatic rings. The Morgan fingerprint density at radius 1 is 1.03 bits per heavy atom. The number of anilines is 1. The summed E-state index contributed by atoms with van der Waals surface area (Å²) in [6.07, 6.45) is 0.850. The smallest absolute Gasteiger partial charge is 0.263 e. The van der Waals surface area contributed by atoms with Crippen LogP contribution in [0.5, 0.6) is 5.75 Å². The van der Waals surface area contributed by atoms with Crippen LogP contribution in [0.4, 0.5) is 5.13 Å². The monoisotopic (exact) mass is 483 g/mol. The van der Waals surface area contributed by atoms with Gasteiger partial charge in [-0.1, -0.05) is 41.7 Å². The number of carbonyl (C=O) groups excluding carboxylic acids is 1. The predicted molar refractivity (Wildman–Crippen MR) is 142 cm³/mol. The summed E-state index contributed by atoms with van der Waals surface area (Å²) in [7, 11) is 5.70. The normalized spacial score (nSPS) is 11.1. The zero-order valence-corrected chi connectivity index (χ0v) is 21.3. The quantitative estimate of drug-likeness (QED) is 0.319. The van der Waals surface area contributed by atoms with E-state index >= 15 is 0 Å². The van der Waals surface area contributed by atoms with Gasteiger partial charge in [-0.05, 0) is 81.0 Å². The lowest BCUT2D eigenvalue weighted by Crippen LogP contribution is -2.33. The highest BCUT2D eigenvalue weighted by molar-refractivity contribution is 7.22. The van der Waals surface area contributed by atoms with Crippen molar-refractivity contribution in [2.75, 3.05) is 39.2 Å². The molecule has 4 rings (SSSR count). The van der Waals surface area contributed by atoms with Gasteiger partial charge in [-0.3, -0.25) is 9.69 Å². The van der Waals surface area contributed by atoms with Crippen molar-refractivity contribution in [3.63, 3.8) is 0 Å². The van der Waals surface area contributed by atoms with Gasteiger partial charge in [0.2, 0.25) is 0 Å². The van der Waals surface area contributed by atoms with Gasteiger partial charge in [-0.25, -0.2) is 4.98 Å². The van der Waals surface area contributed by atoms with E-state index in [0.717, 1.165) is 39.1 Å². The summed E-state index contributed by atoms with van der Waals surface area (Å²) >= 11 is 1.58. The molecular formula is C26H30ClN3O2S. The van der Waals surface area contributed by atoms with Crippen LogP contribution in [0.3, 0.4) is 0 Å². The fraction of sp³-hybridized carbons (Fsp3) is 0.308. The van der Waals surface area contributed by atoms with E-state index in [2.05, 4.69) is 30.9 Å². The highest BCUT2D eigenvalue weighted by Gasteiger charge is 2.25. The van der Waals surface area contributed by atoms with Crippen molar-refractivity contribution >= 4 is 55.8 Å². The molecule has 0 bridgehead atoms. The van der Waals surface area contributed by atoms with E-state index in [0.29, 0.717) is 17.9 Å². The average molecular weight is 484 g/mol. The Bertz CT molecular complexity index is 1290. The van der Waals surface area contributed by atoms with Crippen LogP contribution in [0.2, 0.25) is 0 Å². The molecule has 5 nitrogen and oxygen atoms in total. The van der Waals surface area contributed by atoms with Gasteiger partial charge < -0.3 is 9.64 Å². The molecule has 0 radical (unpaired) electrons. The highest BCUT2D eigenvalue weighted by Crippen LogP contribution is 2.34. The van der Waals surface area contributed by atoms with E-state index in [4.69, 9.17) is 9.72 Å². The Labute approximate surface area is 205 Å². The van der Waals surface area contributed by atoms with Crippen LogP contribution < -0.4 is 9.64 Å². The molecule has 0 atom stereocenters. The number of hydrogen-bond acceptors (Lipinski definition) is 5. The van der Waals surface area contributed by atoms with Crippen LogP contribution in [0, 0.1) is 13.8 Å². The first-order valence-corrected chi connectivity index (χ1v) is 11.6. The molecule has 174 valence electrons. The molecule has 0 aliphatic heterocycles. The third-order valence-corrected chi connectivity index (χ3v) is 6.80. The van der Waals surface area contributed by atoms with E-state index in [9.17, 15) is 4.79 Å². The van der Waals surface area contributed by atoms with Crippen LogP contribution in [-0.4, -0.2) is 50.1 Å². The molecule has 1 amide bonds. The molecule has 0 aliphatic carbocycles. The van der Waals surface area contributed by atoms with Crippen LogP contribution in [0.25, 0.3) is 21.0 Å². The number of nitrogens with zero attached hydrogens (tertiary/aromatic N) is 3. The minimum absolute atomic E-state index is 0. The van der Waals surface area contributed by atoms with E-state index < -0.39 is 0 Å². The van der Waals surface area contributed by atoms with Crippen LogP contribution >= 0.6 is 23.7 Å². The fourth-order valence-electron chi connectivity index (χ4n) is 4.01. The van der Waals surface area contributed by atoms with E-state index in [1.807, 2.05) is 55.4 Å². The number of amides is 1. The molecule has 0 saturated carbocycles. The van der Waals surface area contributed by atoms with Crippen molar-refractivity contribution in [3.05, 3.63) is 65.2 Å². The number of carbonyl (C=O) groups is 1. The SMILES string of the molecule is COc1cc2ccccc2cc1C(=O)N(CCCN(C)C)c1nc2cc(C)cc(C)c2s1.Cl. The van der Waals surface area contributed by atoms with Crippen molar-refractivity contribution in [1.29, 1.82) is 0 Å². The lowest BCUT2D eigenvalue weighted by Gasteiger charge is -2.22. The number of aryl methyl sites for hydroxylation is 2. The van der Waals surface area contributed by atoms with E-state index in [-0.39, 0.29) is 18.3 Å². The Balaban J connectivity index is 0.00000306. The second-order valence-electron chi connectivity index (χ2n) is 8.44. The molecule has 1 aromatic heterocycles. The Kier molecular flexibility index (Phi) is 7.95.